The van der Waals surface area contributed by atoms with Gasteiger partial charge in [-0.25, -0.2) is 0 Å². The largest absolute Gasteiger partial charge is 0.487 e. The molecule has 70 valence electrons. The molecule has 1 heterocycles. The minimum absolute atomic E-state index is 0.144. The van der Waals surface area contributed by atoms with Crippen LogP contribution in [0.25, 0.3) is 0 Å². The fraction of sp³-hybridized carbons (Fsp3) is 0.400. The molecule has 0 aliphatic carbocycles. The molecule has 0 radical (unpaired) electrons. The lowest BCUT2D eigenvalue weighted by Crippen LogP contribution is -2.26. The highest BCUT2D eigenvalue weighted by atomic mass is 35.5. The zero-order chi connectivity index (χ0) is 9.42. The second-order valence-electron chi connectivity index (χ2n) is 3.32. The number of fused-ring (bicyclic) bond motifs is 1. The predicted molar refractivity (Wildman–Crippen MR) is 51.3 cm³/mol. The fourth-order valence-corrected chi connectivity index (χ4v) is 1.77. The van der Waals surface area contributed by atoms with E-state index in [-0.39, 0.29) is 6.10 Å². The molecule has 3 heteroatoms. The predicted octanol–water partition coefficient (Wildman–Crippen LogP) is 2.02. The van der Waals surface area contributed by atoms with Gasteiger partial charge in [0.25, 0.3) is 0 Å². The highest BCUT2D eigenvalue weighted by Gasteiger charge is 2.27. The Balaban J connectivity index is 2.30. The van der Waals surface area contributed by atoms with Crippen molar-refractivity contribution in [2.75, 3.05) is 0 Å². The van der Waals surface area contributed by atoms with Crippen LogP contribution in [-0.4, -0.2) is 17.3 Å². The monoisotopic (exact) mass is 198 g/mol. The van der Waals surface area contributed by atoms with Crippen molar-refractivity contribution in [3.8, 4) is 5.75 Å². The molecule has 1 aliphatic rings. The first-order valence-electron chi connectivity index (χ1n) is 4.30. The van der Waals surface area contributed by atoms with Crippen molar-refractivity contribution in [1.82, 2.24) is 0 Å². The van der Waals surface area contributed by atoms with E-state index in [2.05, 4.69) is 0 Å². The number of rotatable bonds is 1. The summed E-state index contributed by atoms with van der Waals surface area (Å²) in [5.41, 5.74) is 1.01. The van der Waals surface area contributed by atoms with Gasteiger partial charge in [0.05, 0.1) is 6.10 Å². The third-order valence-electron chi connectivity index (χ3n) is 2.30. The molecule has 2 atom stereocenters. The summed E-state index contributed by atoms with van der Waals surface area (Å²) < 4.78 is 5.51. The number of aliphatic hydroxyl groups is 1. The molecular weight excluding hydrogens is 188 g/mol. The van der Waals surface area contributed by atoms with E-state index in [0.717, 1.165) is 16.3 Å². The molecule has 0 bridgehead atoms. The lowest BCUT2D eigenvalue weighted by atomic mass is 10.1. The highest BCUT2D eigenvalue weighted by Crippen LogP contribution is 2.34. The van der Waals surface area contributed by atoms with Gasteiger partial charge in [-0.15, -0.1) is 0 Å². The van der Waals surface area contributed by atoms with Gasteiger partial charge in [0.2, 0.25) is 0 Å². The summed E-state index contributed by atoms with van der Waals surface area (Å²) in [6, 6.07) is 5.57. The van der Waals surface area contributed by atoms with Gasteiger partial charge in [-0.2, -0.15) is 0 Å². The molecule has 2 nitrogen and oxygen atoms in total. The second kappa shape index (κ2) is 3.20. The Morgan fingerprint density at radius 3 is 3.00 bits per heavy atom. The molecule has 0 spiro atoms. The zero-order valence-electron chi connectivity index (χ0n) is 7.33. The first-order chi connectivity index (χ1) is 6.18. The number of hydrogen-bond acceptors (Lipinski definition) is 2. The fourth-order valence-electron chi connectivity index (χ4n) is 1.52. The Hall–Kier alpha value is -0.730. The van der Waals surface area contributed by atoms with Crippen molar-refractivity contribution in [2.24, 2.45) is 0 Å². The maximum Gasteiger partial charge on any atom is 0.128 e. The molecule has 1 N–H and O–H groups in total. The maximum atomic E-state index is 9.35. The van der Waals surface area contributed by atoms with Gasteiger partial charge in [-0.3, -0.25) is 0 Å². The van der Waals surface area contributed by atoms with Crippen LogP contribution in [-0.2, 0) is 6.42 Å². The minimum atomic E-state index is -0.455. The SMILES string of the molecule is CC(O)C1Cc2c(Cl)cccc2O1. The Morgan fingerprint density at radius 1 is 1.62 bits per heavy atom. The number of aliphatic hydroxyl groups excluding tert-OH is 1. The molecule has 1 aromatic carbocycles. The van der Waals surface area contributed by atoms with Gasteiger partial charge in [0, 0.05) is 17.0 Å². The van der Waals surface area contributed by atoms with Crippen LogP contribution in [0.3, 0.4) is 0 Å². The Labute approximate surface area is 82.1 Å². The van der Waals surface area contributed by atoms with Gasteiger partial charge in [-0.1, -0.05) is 17.7 Å². The summed E-state index contributed by atoms with van der Waals surface area (Å²) in [7, 11) is 0. The number of halogens is 1. The Bertz CT molecular complexity index is 323. The van der Waals surface area contributed by atoms with Crippen LogP contribution in [0.4, 0.5) is 0 Å². The van der Waals surface area contributed by atoms with E-state index >= 15 is 0 Å². The lowest BCUT2D eigenvalue weighted by molar-refractivity contribution is 0.0632. The van der Waals surface area contributed by atoms with E-state index in [1.54, 1.807) is 6.92 Å². The van der Waals surface area contributed by atoms with Crippen molar-refractivity contribution >= 4 is 11.6 Å². The number of hydrogen-bond donors (Lipinski definition) is 1. The molecule has 1 aromatic rings. The number of ether oxygens (including phenoxy) is 1. The van der Waals surface area contributed by atoms with Gasteiger partial charge < -0.3 is 9.84 Å². The van der Waals surface area contributed by atoms with E-state index in [1.165, 1.54) is 0 Å². The minimum Gasteiger partial charge on any atom is -0.487 e. The molecule has 0 aromatic heterocycles. The topological polar surface area (TPSA) is 29.5 Å². The first-order valence-corrected chi connectivity index (χ1v) is 4.68. The second-order valence-corrected chi connectivity index (χ2v) is 3.72. The van der Waals surface area contributed by atoms with E-state index in [9.17, 15) is 5.11 Å². The Kier molecular flexibility index (Phi) is 2.18. The van der Waals surface area contributed by atoms with E-state index < -0.39 is 6.10 Å². The molecule has 13 heavy (non-hydrogen) atoms. The van der Waals surface area contributed by atoms with Crippen molar-refractivity contribution in [1.29, 1.82) is 0 Å². The van der Waals surface area contributed by atoms with Gasteiger partial charge >= 0.3 is 0 Å². The maximum absolute atomic E-state index is 9.35. The van der Waals surface area contributed by atoms with Crippen molar-refractivity contribution in [2.45, 2.75) is 25.6 Å². The van der Waals surface area contributed by atoms with E-state index in [0.29, 0.717) is 6.42 Å². The molecule has 0 amide bonds. The normalized spacial score (nSPS) is 22.2. The Morgan fingerprint density at radius 2 is 2.38 bits per heavy atom. The third-order valence-corrected chi connectivity index (χ3v) is 2.65. The molecule has 0 fully saturated rings. The zero-order valence-corrected chi connectivity index (χ0v) is 8.08. The average Bonchev–Trinajstić information content (AvgIpc) is 2.49. The molecule has 2 unspecified atom stereocenters. The first kappa shape index (κ1) is 8.85. The van der Waals surface area contributed by atoms with Gasteiger partial charge in [-0.05, 0) is 19.1 Å². The summed E-state index contributed by atoms with van der Waals surface area (Å²) in [5.74, 6) is 0.804. The summed E-state index contributed by atoms with van der Waals surface area (Å²) in [6.07, 6.45) is 0.102. The summed E-state index contributed by atoms with van der Waals surface area (Å²) in [4.78, 5) is 0. The lowest BCUT2D eigenvalue weighted by Gasteiger charge is -2.12. The van der Waals surface area contributed by atoms with Crippen LogP contribution in [0.15, 0.2) is 18.2 Å². The summed E-state index contributed by atoms with van der Waals surface area (Å²) in [6.45, 7) is 1.73. The van der Waals surface area contributed by atoms with E-state index in [1.807, 2.05) is 18.2 Å². The summed E-state index contributed by atoms with van der Waals surface area (Å²) in [5, 5.41) is 10.1. The highest BCUT2D eigenvalue weighted by molar-refractivity contribution is 6.31. The van der Waals surface area contributed by atoms with E-state index in [4.69, 9.17) is 16.3 Å². The quantitative estimate of drug-likeness (QED) is 0.748. The molecular formula is C10H11ClO2. The summed E-state index contributed by atoms with van der Waals surface area (Å²) >= 11 is 5.98. The third kappa shape index (κ3) is 1.52. The van der Waals surface area contributed by atoms with Crippen LogP contribution < -0.4 is 4.74 Å². The molecule has 2 rings (SSSR count). The van der Waals surface area contributed by atoms with Crippen molar-refractivity contribution in [3.63, 3.8) is 0 Å². The van der Waals surface area contributed by atoms with Gasteiger partial charge in [0.1, 0.15) is 11.9 Å². The van der Waals surface area contributed by atoms with Crippen molar-refractivity contribution in [3.05, 3.63) is 28.8 Å². The molecule has 1 aliphatic heterocycles. The smallest absolute Gasteiger partial charge is 0.128 e. The van der Waals surface area contributed by atoms with Gasteiger partial charge in [0.15, 0.2) is 0 Å². The van der Waals surface area contributed by atoms with Crippen LogP contribution >= 0.6 is 11.6 Å². The van der Waals surface area contributed by atoms with Crippen LogP contribution in [0.1, 0.15) is 12.5 Å². The van der Waals surface area contributed by atoms with Crippen molar-refractivity contribution < 1.29 is 9.84 Å². The molecule has 0 saturated heterocycles. The van der Waals surface area contributed by atoms with Crippen LogP contribution in [0.5, 0.6) is 5.75 Å². The van der Waals surface area contributed by atoms with Crippen LogP contribution in [0, 0.1) is 0 Å². The molecule has 0 saturated carbocycles. The average molecular weight is 199 g/mol. The van der Waals surface area contributed by atoms with Crippen LogP contribution in [0.2, 0.25) is 5.02 Å². The number of benzene rings is 1. The standard InChI is InChI=1S/C10H11ClO2/c1-6(12)10-5-7-8(11)3-2-4-9(7)13-10/h2-4,6,10,12H,5H2,1H3.